The van der Waals surface area contributed by atoms with Gasteiger partial charge in [0.2, 0.25) is 0 Å². The zero-order valence-corrected chi connectivity index (χ0v) is 8.17. The fourth-order valence-corrected chi connectivity index (χ4v) is 3.08. The molecule has 0 aromatic heterocycles. The van der Waals surface area contributed by atoms with Crippen molar-refractivity contribution in [2.45, 2.75) is 24.4 Å². The molecule has 2 saturated heterocycles. The third-order valence-corrected chi connectivity index (χ3v) is 3.64. The van der Waals surface area contributed by atoms with Crippen LogP contribution in [0, 0.1) is 0 Å². The number of hydrogen-bond donors (Lipinski definition) is 0. The molecular formula is C8H14O3S. The molecule has 0 amide bonds. The first-order valence-electron chi connectivity index (χ1n) is 4.15. The first kappa shape index (κ1) is 8.81. The lowest BCUT2D eigenvalue weighted by atomic mass is 10.1. The molecule has 0 spiro atoms. The van der Waals surface area contributed by atoms with Gasteiger partial charge >= 0.3 is 0 Å². The zero-order valence-electron chi connectivity index (χ0n) is 7.36. The van der Waals surface area contributed by atoms with Crippen molar-refractivity contribution in [1.82, 2.24) is 0 Å². The summed E-state index contributed by atoms with van der Waals surface area (Å²) in [6.45, 7) is 0. The Morgan fingerprint density at radius 1 is 1.08 bits per heavy atom. The lowest BCUT2D eigenvalue weighted by Gasteiger charge is -2.19. The molecule has 3 nitrogen and oxygen atoms in total. The second-order valence-corrected chi connectivity index (χ2v) is 4.23. The summed E-state index contributed by atoms with van der Waals surface area (Å²) in [5.74, 6) is 2.07. The Labute approximate surface area is 76.7 Å². The van der Waals surface area contributed by atoms with E-state index in [9.17, 15) is 0 Å². The molecule has 2 aliphatic heterocycles. The number of thioether (sulfide) groups is 1. The van der Waals surface area contributed by atoms with Gasteiger partial charge in [-0.05, 0) is 0 Å². The third-order valence-electron chi connectivity index (χ3n) is 2.51. The van der Waals surface area contributed by atoms with Gasteiger partial charge in [0.25, 0.3) is 0 Å². The molecule has 0 radical (unpaired) electrons. The monoisotopic (exact) mass is 190 g/mol. The minimum absolute atomic E-state index is 0.134. The smallest absolute Gasteiger partial charge is 0.113 e. The Hall–Kier alpha value is 0.230. The molecule has 0 N–H and O–H groups in total. The van der Waals surface area contributed by atoms with Crippen molar-refractivity contribution >= 4 is 11.8 Å². The van der Waals surface area contributed by atoms with E-state index in [0.29, 0.717) is 0 Å². The van der Waals surface area contributed by atoms with E-state index in [1.165, 1.54) is 0 Å². The molecule has 0 unspecified atom stereocenters. The van der Waals surface area contributed by atoms with Crippen molar-refractivity contribution in [1.29, 1.82) is 0 Å². The van der Waals surface area contributed by atoms with Gasteiger partial charge in [0, 0.05) is 25.7 Å². The van der Waals surface area contributed by atoms with Crippen LogP contribution in [-0.4, -0.2) is 50.1 Å². The van der Waals surface area contributed by atoms with Gasteiger partial charge in [0.1, 0.15) is 12.2 Å². The fraction of sp³-hybridized carbons (Fsp3) is 1.00. The van der Waals surface area contributed by atoms with Crippen molar-refractivity contribution < 1.29 is 14.2 Å². The van der Waals surface area contributed by atoms with Crippen LogP contribution < -0.4 is 0 Å². The van der Waals surface area contributed by atoms with Crippen LogP contribution >= 0.6 is 11.8 Å². The summed E-state index contributed by atoms with van der Waals surface area (Å²) < 4.78 is 16.5. The highest BCUT2D eigenvalue weighted by atomic mass is 32.2. The van der Waals surface area contributed by atoms with E-state index in [4.69, 9.17) is 14.2 Å². The topological polar surface area (TPSA) is 27.7 Å². The van der Waals surface area contributed by atoms with Crippen LogP contribution in [0.15, 0.2) is 0 Å². The molecule has 12 heavy (non-hydrogen) atoms. The van der Waals surface area contributed by atoms with E-state index in [1.54, 1.807) is 14.2 Å². The van der Waals surface area contributed by atoms with Crippen LogP contribution in [0.1, 0.15) is 0 Å². The summed E-state index contributed by atoms with van der Waals surface area (Å²) >= 11 is 1.93. The molecule has 0 aromatic carbocycles. The second kappa shape index (κ2) is 3.54. The maximum absolute atomic E-state index is 5.73. The largest absolute Gasteiger partial charge is 0.376 e. The Balaban J connectivity index is 2.10. The molecule has 4 heteroatoms. The van der Waals surface area contributed by atoms with Crippen molar-refractivity contribution in [3.63, 3.8) is 0 Å². The summed E-state index contributed by atoms with van der Waals surface area (Å²) in [7, 11) is 3.46. The van der Waals surface area contributed by atoms with Gasteiger partial charge in [-0.2, -0.15) is 11.8 Å². The molecule has 70 valence electrons. The molecular weight excluding hydrogens is 176 g/mol. The number of hydrogen-bond acceptors (Lipinski definition) is 4. The van der Waals surface area contributed by atoms with E-state index < -0.39 is 0 Å². The standard InChI is InChI=1S/C8H14O3S/c1-9-7-5-3-12-4-6(11-5)8(7)10-2/h5-8H,3-4H2,1-2H3/t5-,6+,7-,8-/m1/s1. The van der Waals surface area contributed by atoms with Crippen molar-refractivity contribution in [3.8, 4) is 0 Å². The first-order valence-corrected chi connectivity index (χ1v) is 5.31. The minimum Gasteiger partial charge on any atom is -0.376 e. The summed E-state index contributed by atoms with van der Waals surface area (Å²) in [6, 6.07) is 0. The van der Waals surface area contributed by atoms with Gasteiger partial charge in [-0.15, -0.1) is 0 Å². The molecule has 0 aliphatic carbocycles. The first-order chi connectivity index (χ1) is 5.86. The predicted molar refractivity (Wildman–Crippen MR) is 47.6 cm³/mol. The molecule has 0 saturated carbocycles. The van der Waals surface area contributed by atoms with Crippen LogP contribution in [0.3, 0.4) is 0 Å². The average Bonchev–Trinajstić information content (AvgIpc) is 2.36. The van der Waals surface area contributed by atoms with Crippen molar-refractivity contribution in [3.05, 3.63) is 0 Å². The SMILES string of the molecule is CO[C@H]1[C@H](OC)[C@H]2CSC[C@@H]1O2. The highest BCUT2D eigenvalue weighted by molar-refractivity contribution is 7.99. The van der Waals surface area contributed by atoms with Crippen LogP contribution in [-0.2, 0) is 14.2 Å². The van der Waals surface area contributed by atoms with Gasteiger partial charge in [0.15, 0.2) is 0 Å². The fourth-order valence-electron chi connectivity index (χ4n) is 1.94. The lowest BCUT2D eigenvalue weighted by molar-refractivity contribution is -0.0225. The van der Waals surface area contributed by atoms with Gasteiger partial charge in [-0.1, -0.05) is 0 Å². The van der Waals surface area contributed by atoms with Gasteiger partial charge in [-0.3, -0.25) is 0 Å². The quantitative estimate of drug-likeness (QED) is 0.635. The number of methoxy groups -OCH3 is 2. The second-order valence-electron chi connectivity index (χ2n) is 3.15. The predicted octanol–water partition coefficient (Wildman–Crippen LogP) is 0.531. The molecule has 2 fully saturated rings. The summed E-state index contributed by atoms with van der Waals surface area (Å²) in [5.41, 5.74) is 0. The summed E-state index contributed by atoms with van der Waals surface area (Å²) in [4.78, 5) is 0. The zero-order chi connectivity index (χ0) is 8.55. The molecule has 2 heterocycles. The van der Waals surface area contributed by atoms with Gasteiger partial charge < -0.3 is 14.2 Å². The number of ether oxygens (including phenoxy) is 3. The average molecular weight is 190 g/mol. The summed E-state index contributed by atoms with van der Waals surface area (Å²) in [6.07, 6.45) is 0.748. The maximum atomic E-state index is 5.73. The summed E-state index contributed by atoms with van der Waals surface area (Å²) in [5, 5.41) is 0. The van der Waals surface area contributed by atoms with E-state index in [0.717, 1.165) is 11.5 Å². The Morgan fingerprint density at radius 3 is 2.00 bits per heavy atom. The molecule has 2 rings (SSSR count). The minimum atomic E-state index is 0.134. The Bertz CT molecular complexity index is 148. The van der Waals surface area contributed by atoms with Crippen LogP contribution in [0.4, 0.5) is 0 Å². The van der Waals surface area contributed by atoms with Gasteiger partial charge in [-0.25, -0.2) is 0 Å². The highest BCUT2D eigenvalue weighted by Crippen LogP contribution is 2.34. The normalized spacial score (nSPS) is 46.5. The Morgan fingerprint density at radius 2 is 1.58 bits per heavy atom. The van der Waals surface area contributed by atoms with E-state index in [1.807, 2.05) is 11.8 Å². The van der Waals surface area contributed by atoms with E-state index in [2.05, 4.69) is 0 Å². The van der Waals surface area contributed by atoms with Crippen LogP contribution in [0.2, 0.25) is 0 Å². The van der Waals surface area contributed by atoms with Crippen molar-refractivity contribution in [2.75, 3.05) is 25.7 Å². The molecule has 0 aromatic rings. The van der Waals surface area contributed by atoms with E-state index >= 15 is 0 Å². The number of fused-ring (bicyclic) bond motifs is 2. The van der Waals surface area contributed by atoms with Crippen LogP contribution in [0.25, 0.3) is 0 Å². The van der Waals surface area contributed by atoms with Crippen molar-refractivity contribution in [2.24, 2.45) is 0 Å². The maximum Gasteiger partial charge on any atom is 0.113 e. The number of rotatable bonds is 2. The third kappa shape index (κ3) is 1.27. The van der Waals surface area contributed by atoms with Gasteiger partial charge in [0.05, 0.1) is 12.2 Å². The van der Waals surface area contributed by atoms with Crippen LogP contribution in [0.5, 0.6) is 0 Å². The molecule has 2 bridgehead atoms. The molecule has 2 aliphatic rings. The Kier molecular flexibility index (Phi) is 2.60. The van der Waals surface area contributed by atoms with E-state index in [-0.39, 0.29) is 24.4 Å². The lowest BCUT2D eigenvalue weighted by Crippen LogP contribution is -2.35. The molecule has 4 atom stereocenters. The highest BCUT2D eigenvalue weighted by Gasteiger charge is 2.47.